The van der Waals surface area contributed by atoms with Crippen molar-refractivity contribution in [2.24, 2.45) is 0 Å². The predicted molar refractivity (Wildman–Crippen MR) is 82.9 cm³/mol. The van der Waals surface area contributed by atoms with Gasteiger partial charge in [0.15, 0.2) is 0 Å². The van der Waals surface area contributed by atoms with Gasteiger partial charge in [0, 0.05) is 0 Å². The Morgan fingerprint density at radius 1 is 0.789 bits per heavy atom. The van der Waals surface area contributed by atoms with Crippen molar-refractivity contribution in [2.75, 3.05) is 7.11 Å². The van der Waals surface area contributed by atoms with E-state index in [1.165, 1.54) is 11.1 Å². The van der Waals surface area contributed by atoms with Gasteiger partial charge in [-0.3, -0.25) is 0 Å². The molecule has 0 saturated heterocycles. The second-order valence-corrected chi connectivity index (χ2v) is 5.63. The zero-order chi connectivity index (χ0) is 14.3. The first-order valence-corrected chi connectivity index (χ1v) is 6.59. The summed E-state index contributed by atoms with van der Waals surface area (Å²) in [5.74, 6) is 0.910. The van der Waals surface area contributed by atoms with Crippen molar-refractivity contribution in [3.05, 3.63) is 65.7 Å². The number of benzene rings is 2. The number of para-hydroxylation sites is 1. The molecule has 0 unspecified atom stereocenters. The lowest BCUT2D eigenvalue weighted by Gasteiger charge is -2.18. The van der Waals surface area contributed by atoms with Gasteiger partial charge in [-0.05, 0) is 30.0 Å². The van der Waals surface area contributed by atoms with Crippen molar-refractivity contribution < 1.29 is 4.74 Å². The van der Waals surface area contributed by atoms with Crippen LogP contribution in [0.3, 0.4) is 0 Å². The number of ether oxygens (including phenoxy) is 1. The minimum Gasteiger partial charge on any atom is -0.497 e. The molecule has 0 bridgehead atoms. The van der Waals surface area contributed by atoms with Crippen LogP contribution in [-0.4, -0.2) is 7.11 Å². The van der Waals surface area contributed by atoms with Crippen LogP contribution < -0.4 is 4.74 Å². The zero-order valence-corrected chi connectivity index (χ0v) is 12.6. The number of aryl methyl sites for hydroxylation is 1. The Bertz CT molecular complexity index is 463. The molecular weight excluding hydrogens is 232 g/mol. The Balaban J connectivity index is 0.000000200. The van der Waals surface area contributed by atoms with Crippen molar-refractivity contribution in [3.8, 4) is 5.75 Å². The largest absolute Gasteiger partial charge is 0.497 e. The van der Waals surface area contributed by atoms with E-state index < -0.39 is 0 Å². The third-order valence-corrected chi connectivity index (χ3v) is 2.90. The first-order chi connectivity index (χ1) is 8.93. The van der Waals surface area contributed by atoms with Gasteiger partial charge >= 0.3 is 0 Å². The number of rotatable bonds is 1. The zero-order valence-electron chi connectivity index (χ0n) is 12.6. The molecule has 0 spiro atoms. The van der Waals surface area contributed by atoms with Crippen molar-refractivity contribution >= 4 is 0 Å². The monoisotopic (exact) mass is 256 g/mol. The van der Waals surface area contributed by atoms with Gasteiger partial charge in [0.1, 0.15) is 5.75 Å². The minimum atomic E-state index is 0.285. The standard InChI is InChI=1S/C11H16.C7H8O/c1-9-5-7-10(8-6-9)11(2,3)4;1-8-7-5-3-2-4-6-7/h5-8H,1-4H3;2-6H,1H3. The summed E-state index contributed by atoms with van der Waals surface area (Å²) >= 11 is 0. The molecule has 0 aromatic heterocycles. The molecule has 1 heteroatoms. The topological polar surface area (TPSA) is 9.23 Å². The van der Waals surface area contributed by atoms with Crippen LogP contribution in [0.15, 0.2) is 54.6 Å². The second-order valence-electron chi connectivity index (χ2n) is 5.63. The van der Waals surface area contributed by atoms with Gasteiger partial charge in [0.25, 0.3) is 0 Å². The lowest BCUT2D eigenvalue weighted by Crippen LogP contribution is -2.10. The van der Waals surface area contributed by atoms with Crippen LogP contribution in [0, 0.1) is 6.92 Å². The fraction of sp³-hybridized carbons (Fsp3) is 0.333. The highest BCUT2D eigenvalue weighted by molar-refractivity contribution is 5.26. The summed E-state index contributed by atoms with van der Waals surface area (Å²) in [5.41, 5.74) is 3.02. The third-order valence-electron chi connectivity index (χ3n) is 2.90. The van der Waals surface area contributed by atoms with Gasteiger partial charge in [-0.1, -0.05) is 68.8 Å². The summed E-state index contributed by atoms with van der Waals surface area (Å²) in [7, 11) is 1.66. The molecule has 0 saturated carbocycles. The predicted octanol–water partition coefficient (Wildman–Crippen LogP) is 4.99. The molecule has 102 valence electrons. The van der Waals surface area contributed by atoms with E-state index >= 15 is 0 Å². The molecule has 0 atom stereocenters. The Kier molecular flexibility index (Phi) is 5.62. The van der Waals surface area contributed by atoms with Crippen LogP contribution in [0.2, 0.25) is 0 Å². The first kappa shape index (κ1) is 15.3. The molecule has 2 aromatic rings. The smallest absolute Gasteiger partial charge is 0.118 e. The molecule has 0 amide bonds. The average molecular weight is 256 g/mol. The highest BCUT2D eigenvalue weighted by Crippen LogP contribution is 2.21. The van der Waals surface area contributed by atoms with Crippen molar-refractivity contribution in [2.45, 2.75) is 33.1 Å². The second kappa shape index (κ2) is 6.98. The Hall–Kier alpha value is -1.76. The molecule has 2 rings (SSSR count). The van der Waals surface area contributed by atoms with Crippen LogP contribution in [0.1, 0.15) is 31.9 Å². The number of hydrogen-bond acceptors (Lipinski definition) is 1. The molecule has 0 aliphatic carbocycles. The third kappa shape index (κ3) is 5.60. The van der Waals surface area contributed by atoms with E-state index in [0.29, 0.717) is 0 Å². The van der Waals surface area contributed by atoms with E-state index in [2.05, 4.69) is 52.0 Å². The van der Waals surface area contributed by atoms with E-state index in [0.717, 1.165) is 5.75 Å². The van der Waals surface area contributed by atoms with Crippen LogP contribution in [0.4, 0.5) is 0 Å². The molecule has 19 heavy (non-hydrogen) atoms. The van der Waals surface area contributed by atoms with Crippen molar-refractivity contribution in [1.29, 1.82) is 0 Å². The van der Waals surface area contributed by atoms with E-state index in [1.807, 2.05) is 30.3 Å². The average Bonchev–Trinajstić information content (AvgIpc) is 2.40. The quantitative estimate of drug-likeness (QED) is 0.698. The molecular formula is C18H24O. The van der Waals surface area contributed by atoms with Gasteiger partial charge in [-0.2, -0.15) is 0 Å². The molecule has 0 fully saturated rings. The van der Waals surface area contributed by atoms with Gasteiger partial charge in [0.2, 0.25) is 0 Å². The maximum absolute atomic E-state index is 4.91. The molecule has 0 radical (unpaired) electrons. The Morgan fingerprint density at radius 2 is 1.32 bits per heavy atom. The maximum Gasteiger partial charge on any atom is 0.118 e. The van der Waals surface area contributed by atoms with Gasteiger partial charge in [0.05, 0.1) is 7.11 Å². The fourth-order valence-corrected chi connectivity index (χ4v) is 1.61. The highest BCUT2D eigenvalue weighted by atomic mass is 16.5. The Morgan fingerprint density at radius 3 is 1.68 bits per heavy atom. The van der Waals surface area contributed by atoms with E-state index in [-0.39, 0.29) is 5.41 Å². The molecule has 0 aliphatic heterocycles. The summed E-state index contributed by atoms with van der Waals surface area (Å²) in [5, 5.41) is 0. The van der Waals surface area contributed by atoms with Crippen LogP contribution in [-0.2, 0) is 5.41 Å². The Labute approximate surface area is 117 Å². The molecule has 2 aromatic carbocycles. The summed E-state index contributed by atoms with van der Waals surface area (Å²) in [6.45, 7) is 8.82. The number of methoxy groups -OCH3 is 1. The van der Waals surface area contributed by atoms with E-state index in [1.54, 1.807) is 7.11 Å². The SMILES string of the molecule is COc1ccccc1.Cc1ccc(C(C)(C)C)cc1. The van der Waals surface area contributed by atoms with Gasteiger partial charge in [-0.25, -0.2) is 0 Å². The molecule has 0 heterocycles. The van der Waals surface area contributed by atoms with Crippen LogP contribution >= 0.6 is 0 Å². The normalized spacial score (nSPS) is 10.4. The van der Waals surface area contributed by atoms with Gasteiger partial charge in [-0.15, -0.1) is 0 Å². The minimum absolute atomic E-state index is 0.285. The summed E-state index contributed by atoms with van der Waals surface area (Å²) < 4.78 is 4.91. The summed E-state index contributed by atoms with van der Waals surface area (Å²) in [6.07, 6.45) is 0. The van der Waals surface area contributed by atoms with Gasteiger partial charge < -0.3 is 4.74 Å². The summed E-state index contributed by atoms with van der Waals surface area (Å²) in [4.78, 5) is 0. The van der Waals surface area contributed by atoms with E-state index in [9.17, 15) is 0 Å². The molecule has 1 nitrogen and oxygen atoms in total. The molecule has 0 N–H and O–H groups in total. The summed E-state index contributed by atoms with van der Waals surface area (Å²) in [6, 6.07) is 18.4. The van der Waals surface area contributed by atoms with E-state index in [4.69, 9.17) is 4.74 Å². The molecule has 0 aliphatic rings. The van der Waals surface area contributed by atoms with Crippen LogP contribution in [0.5, 0.6) is 5.75 Å². The maximum atomic E-state index is 4.91. The lowest BCUT2D eigenvalue weighted by atomic mass is 9.87. The number of hydrogen-bond donors (Lipinski definition) is 0. The van der Waals surface area contributed by atoms with Crippen molar-refractivity contribution in [3.63, 3.8) is 0 Å². The lowest BCUT2D eigenvalue weighted by molar-refractivity contribution is 0.415. The van der Waals surface area contributed by atoms with Crippen LogP contribution in [0.25, 0.3) is 0 Å². The highest BCUT2D eigenvalue weighted by Gasteiger charge is 2.11. The van der Waals surface area contributed by atoms with Crippen molar-refractivity contribution in [1.82, 2.24) is 0 Å². The first-order valence-electron chi connectivity index (χ1n) is 6.59. The fourth-order valence-electron chi connectivity index (χ4n) is 1.61.